The quantitative estimate of drug-likeness (QED) is 0.124. The minimum atomic E-state index is 0.702. The van der Waals surface area contributed by atoms with Gasteiger partial charge >= 0.3 is 0 Å². The topological polar surface area (TPSA) is 25.8 Å². The average Bonchev–Trinajstić information content (AvgIpc) is 3.78. The van der Waals surface area contributed by atoms with E-state index < -0.39 is 0 Å². The van der Waals surface area contributed by atoms with Crippen molar-refractivity contribution in [2.75, 3.05) is 0 Å². The molecular formula is C58H36N2S. The van der Waals surface area contributed by atoms with Crippen LogP contribution in [0.4, 0.5) is 0 Å². The standard InChI is InChI=1S/C58H36N2S/c1-3-18-38(19-4-1)55-47-28-14-15-29-48(47)56(50-32-31-37-17-7-9-23-41(37)57(50)55)49-34-33-45(42-24-10-11-25-43(42)49)52-36-51(59-58(60-52)39-20-5-2-6-21-39)44-26-12-13-27-46(44)54-35-40-22-8-16-30-53(40)61-54/h1-36H. The second-order valence-electron chi connectivity index (χ2n) is 15.6. The van der Waals surface area contributed by atoms with Crippen LogP contribution < -0.4 is 0 Å². The van der Waals surface area contributed by atoms with E-state index >= 15 is 0 Å². The van der Waals surface area contributed by atoms with Crippen LogP contribution in [0, 0.1) is 0 Å². The first kappa shape index (κ1) is 35.2. The van der Waals surface area contributed by atoms with Crippen molar-refractivity contribution in [3.63, 3.8) is 0 Å². The molecule has 61 heavy (non-hydrogen) atoms. The molecule has 0 aliphatic rings. The van der Waals surface area contributed by atoms with Crippen molar-refractivity contribution >= 4 is 64.5 Å². The van der Waals surface area contributed by atoms with E-state index in [4.69, 9.17) is 9.97 Å². The Labute approximate surface area is 357 Å². The number of aromatic nitrogens is 2. The molecule has 0 aliphatic heterocycles. The fourth-order valence-corrected chi connectivity index (χ4v) is 10.5. The van der Waals surface area contributed by atoms with Crippen LogP contribution in [0.15, 0.2) is 218 Å². The van der Waals surface area contributed by atoms with Crippen LogP contribution in [0.3, 0.4) is 0 Å². The van der Waals surface area contributed by atoms with Crippen LogP contribution in [-0.4, -0.2) is 9.97 Å². The molecule has 284 valence electrons. The minimum Gasteiger partial charge on any atom is -0.228 e. The summed E-state index contributed by atoms with van der Waals surface area (Å²) < 4.78 is 1.27. The number of hydrogen-bond acceptors (Lipinski definition) is 3. The Bertz CT molecular complexity index is 3610. The SMILES string of the molecule is c1ccc(-c2nc(-c3ccccc3-c3cc4ccccc4s3)cc(-c3ccc(-c4c5ccccc5c(-c5ccccc5)c5c4ccc4ccccc45)c4ccccc34)n2)cc1. The first-order valence-electron chi connectivity index (χ1n) is 20.7. The molecule has 10 aromatic carbocycles. The summed E-state index contributed by atoms with van der Waals surface area (Å²) in [4.78, 5) is 11.9. The van der Waals surface area contributed by atoms with Gasteiger partial charge in [0.15, 0.2) is 5.82 Å². The number of rotatable bonds is 6. The van der Waals surface area contributed by atoms with Gasteiger partial charge in [0.25, 0.3) is 0 Å². The zero-order valence-corrected chi connectivity index (χ0v) is 33.9. The summed E-state index contributed by atoms with van der Waals surface area (Å²) >= 11 is 1.82. The number of hydrogen-bond donors (Lipinski definition) is 0. The average molecular weight is 793 g/mol. The fourth-order valence-electron chi connectivity index (χ4n) is 9.36. The van der Waals surface area contributed by atoms with Crippen LogP contribution in [0.5, 0.6) is 0 Å². The smallest absolute Gasteiger partial charge is 0.160 e. The minimum absolute atomic E-state index is 0.702. The van der Waals surface area contributed by atoms with Crippen molar-refractivity contribution in [1.29, 1.82) is 0 Å². The molecule has 0 bridgehead atoms. The van der Waals surface area contributed by atoms with Gasteiger partial charge in [0.1, 0.15) is 0 Å². The lowest BCUT2D eigenvalue weighted by atomic mass is 9.82. The third kappa shape index (κ3) is 5.93. The number of nitrogens with zero attached hydrogens (tertiary/aromatic N) is 2. The van der Waals surface area contributed by atoms with Gasteiger partial charge in [0, 0.05) is 31.8 Å². The van der Waals surface area contributed by atoms with Gasteiger partial charge < -0.3 is 0 Å². The molecular weight excluding hydrogens is 757 g/mol. The van der Waals surface area contributed by atoms with E-state index in [0.29, 0.717) is 5.82 Å². The van der Waals surface area contributed by atoms with Gasteiger partial charge in [-0.15, -0.1) is 11.3 Å². The molecule has 2 heterocycles. The molecule has 0 fully saturated rings. The van der Waals surface area contributed by atoms with Crippen molar-refractivity contribution in [2.45, 2.75) is 0 Å². The molecule has 3 heteroatoms. The summed E-state index contributed by atoms with van der Waals surface area (Å²) in [5.74, 6) is 0.702. The first-order valence-corrected chi connectivity index (χ1v) is 21.6. The van der Waals surface area contributed by atoms with Gasteiger partial charge in [-0.2, -0.15) is 0 Å². The zero-order chi connectivity index (χ0) is 40.3. The summed E-state index contributed by atoms with van der Waals surface area (Å²) in [5.41, 5.74) is 11.0. The number of thiophene rings is 1. The molecule has 0 N–H and O–H groups in total. The molecule has 12 aromatic rings. The van der Waals surface area contributed by atoms with Crippen molar-refractivity contribution < 1.29 is 0 Å². The Morgan fingerprint density at radius 3 is 1.59 bits per heavy atom. The van der Waals surface area contributed by atoms with Crippen molar-refractivity contribution in [2.24, 2.45) is 0 Å². The van der Waals surface area contributed by atoms with Crippen LogP contribution in [0.1, 0.15) is 0 Å². The highest BCUT2D eigenvalue weighted by Crippen LogP contribution is 2.48. The molecule has 0 amide bonds. The number of benzene rings is 10. The predicted octanol–water partition coefficient (Wildman–Crippen LogP) is 16.3. The second kappa shape index (κ2) is 14.5. The van der Waals surface area contributed by atoms with E-state index in [2.05, 4.69) is 212 Å². The fraction of sp³-hybridized carbons (Fsp3) is 0. The van der Waals surface area contributed by atoms with Crippen LogP contribution in [0.25, 0.3) is 120 Å². The zero-order valence-electron chi connectivity index (χ0n) is 33.1. The summed E-state index contributed by atoms with van der Waals surface area (Å²) in [6.07, 6.45) is 0. The molecule has 2 aromatic heterocycles. The lowest BCUT2D eigenvalue weighted by Gasteiger charge is -2.21. The lowest BCUT2D eigenvalue weighted by molar-refractivity contribution is 1.19. The molecule has 0 unspecified atom stereocenters. The van der Waals surface area contributed by atoms with Crippen LogP contribution in [0.2, 0.25) is 0 Å². The first-order chi connectivity index (χ1) is 30.3. The van der Waals surface area contributed by atoms with E-state index in [1.807, 2.05) is 17.4 Å². The Balaban J connectivity index is 1.12. The maximum atomic E-state index is 5.36. The van der Waals surface area contributed by atoms with Crippen LogP contribution >= 0.6 is 11.3 Å². The van der Waals surface area contributed by atoms with Crippen LogP contribution in [-0.2, 0) is 0 Å². The second-order valence-corrected chi connectivity index (χ2v) is 16.7. The lowest BCUT2D eigenvalue weighted by Crippen LogP contribution is -1.98. The summed E-state index contributed by atoms with van der Waals surface area (Å²) in [7, 11) is 0. The van der Waals surface area contributed by atoms with E-state index in [1.54, 1.807) is 0 Å². The normalized spacial score (nSPS) is 11.6. The summed E-state index contributed by atoms with van der Waals surface area (Å²) in [6, 6.07) is 78.8. The molecule has 0 aliphatic carbocycles. The highest BCUT2D eigenvalue weighted by molar-refractivity contribution is 7.22. The molecule has 12 rings (SSSR count). The van der Waals surface area contributed by atoms with E-state index in [1.165, 1.54) is 74.9 Å². The molecule has 0 saturated heterocycles. The largest absolute Gasteiger partial charge is 0.228 e. The van der Waals surface area contributed by atoms with E-state index in [-0.39, 0.29) is 0 Å². The van der Waals surface area contributed by atoms with Gasteiger partial charge in [-0.05, 0) is 88.9 Å². The molecule has 2 nitrogen and oxygen atoms in total. The Morgan fingerprint density at radius 1 is 0.311 bits per heavy atom. The summed E-state index contributed by atoms with van der Waals surface area (Å²) in [5, 5.41) is 11.0. The van der Waals surface area contributed by atoms with Crippen molar-refractivity contribution in [3.05, 3.63) is 218 Å². The Morgan fingerprint density at radius 2 is 0.852 bits per heavy atom. The van der Waals surface area contributed by atoms with Gasteiger partial charge in [0.05, 0.1) is 11.4 Å². The highest BCUT2D eigenvalue weighted by atomic mass is 32.1. The van der Waals surface area contributed by atoms with Gasteiger partial charge in [-0.3, -0.25) is 0 Å². The predicted molar refractivity (Wildman–Crippen MR) is 260 cm³/mol. The molecule has 0 saturated carbocycles. The maximum absolute atomic E-state index is 5.36. The maximum Gasteiger partial charge on any atom is 0.160 e. The van der Waals surface area contributed by atoms with E-state index in [0.717, 1.165) is 39.0 Å². The van der Waals surface area contributed by atoms with Gasteiger partial charge in [-0.1, -0.05) is 200 Å². The van der Waals surface area contributed by atoms with E-state index in [9.17, 15) is 0 Å². The van der Waals surface area contributed by atoms with Gasteiger partial charge in [0.2, 0.25) is 0 Å². The third-order valence-electron chi connectivity index (χ3n) is 12.1. The van der Waals surface area contributed by atoms with Crippen molar-refractivity contribution in [3.8, 4) is 66.6 Å². The highest BCUT2D eigenvalue weighted by Gasteiger charge is 2.22. The number of fused-ring (bicyclic) bond motifs is 6. The molecule has 0 spiro atoms. The van der Waals surface area contributed by atoms with Gasteiger partial charge in [-0.25, -0.2) is 9.97 Å². The monoisotopic (exact) mass is 792 g/mol. The Kier molecular flexibility index (Phi) is 8.39. The molecule has 0 atom stereocenters. The Hall–Kier alpha value is -7.72. The third-order valence-corrected chi connectivity index (χ3v) is 13.2. The van der Waals surface area contributed by atoms with Crippen molar-refractivity contribution in [1.82, 2.24) is 9.97 Å². The molecule has 0 radical (unpaired) electrons. The summed E-state index contributed by atoms with van der Waals surface area (Å²) in [6.45, 7) is 0.